The van der Waals surface area contributed by atoms with Crippen molar-refractivity contribution >= 4 is 17.3 Å². The van der Waals surface area contributed by atoms with Gasteiger partial charge in [-0.2, -0.15) is 4.39 Å². The lowest BCUT2D eigenvalue weighted by Gasteiger charge is -2.24. The van der Waals surface area contributed by atoms with E-state index in [-0.39, 0.29) is 5.56 Å². The third-order valence-electron chi connectivity index (χ3n) is 3.30. The van der Waals surface area contributed by atoms with Gasteiger partial charge in [-0.1, -0.05) is 17.7 Å². The molecule has 0 aliphatic heterocycles. The minimum absolute atomic E-state index is 0.0173. The number of nitrogens with zero attached hydrogens (tertiary/aromatic N) is 2. The molecule has 2 aromatic carbocycles. The van der Waals surface area contributed by atoms with Gasteiger partial charge in [-0.3, -0.25) is 25.3 Å². The Morgan fingerprint density at radius 2 is 1.91 bits per heavy atom. The summed E-state index contributed by atoms with van der Waals surface area (Å²) >= 11 is 0. The topological polar surface area (TPSA) is 75.5 Å². The van der Waals surface area contributed by atoms with Gasteiger partial charge in [0.1, 0.15) is 0 Å². The average Bonchev–Trinajstić information content (AvgIpc) is 2.53. The van der Waals surface area contributed by atoms with Crippen LogP contribution in [0.5, 0.6) is 0 Å². The summed E-state index contributed by atoms with van der Waals surface area (Å²) < 4.78 is 13.3. The number of nitro groups is 1. The fourth-order valence-corrected chi connectivity index (χ4v) is 2.03. The molecule has 0 heterocycles. The number of amides is 1. The van der Waals surface area contributed by atoms with Gasteiger partial charge in [-0.05, 0) is 38.1 Å². The monoisotopic (exact) mass is 317 g/mol. The quantitative estimate of drug-likeness (QED) is 0.678. The number of anilines is 1. The lowest BCUT2D eigenvalue weighted by molar-refractivity contribution is -0.387. The van der Waals surface area contributed by atoms with Crippen molar-refractivity contribution in [2.24, 2.45) is 0 Å². The van der Waals surface area contributed by atoms with Crippen LogP contribution in [0.4, 0.5) is 15.8 Å². The lowest BCUT2D eigenvalue weighted by atomic mass is 10.2. The Hall–Kier alpha value is -2.96. The number of carbonyl (C=O) groups is 1. The Kier molecular flexibility index (Phi) is 4.90. The number of hydrazine groups is 1. The highest BCUT2D eigenvalue weighted by atomic mass is 19.1. The molecule has 2 aromatic rings. The molecule has 0 atom stereocenters. The van der Waals surface area contributed by atoms with E-state index < -0.39 is 22.3 Å². The Morgan fingerprint density at radius 1 is 1.26 bits per heavy atom. The molecule has 1 amide bonds. The Morgan fingerprint density at radius 3 is 2.48 bits per heavy atom. The van der Waals surface area contributed by atoms with Gasteiger partial charge in [0.25, 0.3) is 5.91 Å². The summed E-state index contributed by atoms with van der Waals surface area (Å²) in [5.41, 5.74) is 3.81. The molecule has 6 nitrogen and oxygen atoms in total. The number of aryl methyl sites for hydroxylation is 1. The average molecular weight is 317 g/mol. The smallest absolute Gasteiger partial charge is 0.286 e. The van der Waals surface area contributed by atoms with Crippen LogP contribution < -0.4 is 10.4 Å². The number of nitro benzene ring substituents is 1. The molecule has 0 radical (unpaired) electrons. The van der Waals surface area contributed by atoms with Crippen molar-refractivity contribution in [3.05, 3.63) is 69.5 Å². The van der Waals surface area contributed by atoms with Crippen LogP contribution in [-0.4, -0.2) is 17.4 Å². The highest BCUT2D eigenvalue weighted by molar-refractivity contribution is 5.95. The molecule has 2 rings (SSSR count). The summed E-state index contributed by atoms with van der Waals surface area (Å²) in [7, 11) is 0. The van der Waals surface area contributed by atoms with Gasteiger partial charge < -0.3 is 0 Å². The first kappa shape index (κ1) is 16.4. The van der Waals surface area contributed by atoms with Gasteiger partial charge in [0.15, 0.2) is 0 Å². The van der Waals surface area contributed by atoms with Crippen molar-refractivity contribution in [1.82, 2.24) is 5.43 Å². The Labute approximate surface area is 132 Å². The standard InChI is InChI=1S/C16H16FN3O3/c1-3-19(13-7-4-11(2)5-8-13)18-16(21)12-6-9-14(17)15(10-12)20(22)23/h4-10H,3H2,1-2H3,(H,18,21). The zero-order valence-corrected chi connectivity index (χ0v) is 12.7. The van der Waals surface area contributed by atoms with Crippen LogP contribution in [0.1, 0.15) is 22.8 Å². The minimum Gasteiger partial charge on any atom is -0.286 e. The number of carbonyl (C=O) groups excluding carboxylic acids is 1. The van der Waals surface area contributed by atoms with Gasteiger partial charge in [0, 0.05) is 18.2 Å². The zero-order chi connectivity index (χ0) is 17.0. The third kappa shape index (κ3) is 3.82. The van der Waals surface area contributed by atoms with Gasteiger partial charge in [-0.25, -0.2) is 0 Å². The van der Waals surface area contributed by atoms with Gasteiger partial charge in [-0.15, -0.1) is 0 Å². The van der Waals surface area contributed by atoms with Crippen molar-refractivity contribution in [3.63, 3.8) is 0 Å². The van der Waals surface area contributed by atoms with E-state index >= 15 is 0 Å². The number of nitrogens with one attached hydrogen (secondary N) is 1. The molecular weight excluding hydrogens is 301 g/mol. The maximum absolute atomic E-state index is 13.3. The maximum Gasteiger partial charge on any atom is 0.305 e. The van der Waals surface area contributed by atoms with Gasteiger partial charge >= 0.3 is 5.69 Å². The van der Waals surface area contributed by atoms with Crippen molar-refractivity contribution in [3.8, 4) is 0 Å². The third-order valence-corrected chi connectivity index (χ3v) is 3.30. The molecule has 0 saturated carbocycles. The van der Waals surface area contributed by atoms with Gasteiger partial charge in [0.2, 0.25) is 5.82 Å². The van der Waals surface area contributed by atoms with Crippen molar-refractivity contribution in [2.45, 2.75) is 13.8 Å². The largest absolute Gasteiger partial charge is 0.305 e. The predicted octanol–water partition coefficient (Wildman–Crippen LogP) is 3.21. The molecule has 0 aliphatic rings. The number of rotatable bonds is 5. The molecule has 0 saturated heterocycles. The van der Waals surface area contributed by atoms with Crippen LogP contribution >= 0.6 is 0 Å². The second-order valence-electron chi connectivity index (χ2n) is 4.94. The maximum atomic E-state index is 13.3. The summed E-state index contributed by atoms with van der Waals surface area (Å²) in [5.74, 6) is -1.52. The second kappa shape index (κ2) is 6.87. The SMILES string of the molecule is CCN(NC(=O)c1ccc(F)c([N+](=O)[O-])c1)c1ccc(C)cc1. The van der Waals surface area contributed by atoms with Crippen molar-refractivity contribution < 1.29 is 14.1 Å². The highest BCUT2D eigenvalue weighted by Crippen LogP contribution is 2.19. The van der Waals surface area contributed by atoms with Crippen LogP contribution in [0.25, 0.3) is 0 Å². The van der Waals surface area contributed by atoms with E-state index in [1.807, 2.05) is 38.1 Å². The van der Waals surface area contributed by atoms with E-state index in [2.05, 4.69) is 5.43 Å². The Balaban J connectivity index is 2.21. The summed E-state index contributed by atoms with van der Waals surface area (Å²) in [4.78, 5) is 22.1. The molecule has 0 unspecified atom stereocenters. The van der Waals surface area contributed by atoms with E-state index in [0.717, 1.165) is 23.4 Å². The van der Waals surface area contributed by atoms with Crippen LogP contribution in [0, 0.1) is 22.9 Å². The normalized spacial score (nSPS) is 10.2. The van der Waals surface area contributed by atoms with Crippen LogP contribution in [0.3, 0.4) is 0 Å². The molecule has 0 bridgehead atoms. The van der Waals surface area contributed by atoms with E-state index in [1.54, 1.807) is 5.01 Å². The summed E-state index contributed by atoms with van der Waals surface area (Å²) in [5, 5.41) is 12.4. The number of benzene rings is 2. The lowest BCUT2D eigenvalue weighted by Crippen LogP contribution is -2.42. The van der Waals surface area contributed by atoms with Crippen LogP contribution in [-0.2, 0) is 0 Å². The molecule has 0 aromatic heterocycles. The van der Waals surface area contributed by atoms with Crippen molar-refractivity contribution in [2.75, 3.05) is 11.6 Å². The molecule has 120 valence electrons. The first-order valence-corrected chi connectivity index (χ1v) is 7.01. The van der Waals surface area contributed by atoms with Crippen LogP contribution in [0.2, 0.25) is 0 Å². The fourth-order valence-electron chi connectivity index (χ4n) is 2.03. The fraction of sp³-hybridized carbons (Fsp3) is 0.188. The van der Waals surface area contributed by atoms with Crippen molar-refractivity contribution in [1.29, 1.82) is 0 Å². The molecule has 7 heteroatoms. The molecule has 0 aliphatic carbocycles. The van der Waals surface area contributed by atoms with E-state index in [9.17, 15) is 19.3 Å². The molecular formula is C16H16FN3O3. The highest BCUT2D eigenvalue weighted by Gasteiger charge is 2.18. The van der Waals surface area contributed by atoms with E-state index in [1.165, 1.54) is 6.07 Å². The summed E-state index contributed by atoms with van der Waals surface area (Å²) in [6, 6.07) is 10.6. The van der Waals surface area contributed by atoms with E-state index in [0.29, 0.717) is 6.54 Å². The van der Waals surface area contributed by atoms with Crippen LogP contribution in [0.15, 0.2) is 42.5 Å². The number of hydrogen-bond acceptors (Lipinski definition) is 4. The summed E-state index contributed by atoms with van der Waals surface area (Å²) in [6.07, 6.45) is 0. The summed E-state index contributed by atoms with van der Waals surface area (Å²) in [6.45, 7) is 4.31. The molecule has 0 fully saturated rings. The first-order chi connectivity index (χ1) is 10.9. The molecule has 1 N–H and O–H groups in total. The van der Waals surface area contributed by atoms with E-state index in [4.69, 9.17) is 0 Å². The molecule has 23 heavy (non-hydrogen) atoms. The predicted molar refractivity (Wildman–Crippen MR) is 84.7 cm³/mol. The zero-order valence-electron chi connectivity index (χ0n) is 12.7. The second-order valence-corrected chi connectivity index (χ2v) is 4.94. The number of halogens is 1. The minimum atomic E-state index is -0.975. The van der Waals surface area contributed by atoms with Gasteiger partial charge in [0.05, 0.1) is 10.6 Å². The number of hydrogen-bond donors (Lipinski definition) is 1. The molecule has 0 spiro atoms. The Bertz CT molecular complexity index is 732. The first-order valence-electron chi connectivity index (χ1n) is 7.01.